The Bertz CT molecular complexity index is 1660. The molecule has 1 aliphatic rings. The molecule has 0 bridgehead atoms. The highest BCUT2D eigenvalue weighted by Crippen LogP contribution is 2.41. The number of sulfone groups is 2. The molecule has 190 valence electrons. The van der Waals surface area contributed by atoms with Gasteiger partial charge >= 0.3 is 5.97 Å². The Morgan fingerprint density at radius 2 is 1.19 bits per heavy atom. The lowest BCUT2D eigenvalue weighted by Crippen LogP contribution is -2.47. The Labute approximate surface area is 215 Å². The van der Waals surface area contributed by atoms with Gasteiger partial charge in [0.2, 0.25) is 0 Å². The van der Waals surface area contributed by atoms with Gasteiger partial charge in [-0.2, -0.15) is 0 Å². The highest BCUT2D eigenvalue weighted by atomic mass is 32.2. The van der Waals surface area contributed by atoms with E-state index in [1.54, 1.807) is 42.5 Å². The largest absolute Gasteiger partial charge is 0.468 e. The molecule has 4 aromatic rings. The van der Waals surface area contributed by atoms with Crippen LogP contribution in [0.25, 0.3) is 10.8 Å². The number of rotatable bonds is 6. The summed E-state index contributed by atoms with van der Waals surface area (Å²) in [7, 11) is -7.41. The van der Waals surface area contributed by atoms with E-state index >= 15 is 0 Å². The van der Waals surface area contributed by atoms with Crippen molar-refractivity contribution in [3.63, 3.8) is 0 Å². The van der Waals surface area contributed by atoms with Gasteiger partial charge in [0.25, 0.3) is 0 Å². The third-order valence-electron chi connectivity index (χ3n) is 6.79. The van der Waals surface area contributed by atoms with Crippen molar-refractivity contribution in [1.29, 1.82) is 0 Å². The van der Waals surface area contributed by atoms with Crippen LogP contribution in [0, 0.1) is 0 Å². The first-order valence-electron chi connectivity index (χ1n) is 11.7. The van der Waals surface area contributed by atoms with Gasteiger partial charge in [0.05, 0.1) is 22.9 Å². The Balaban J connectivity index is 1.76. The summed E-state index contributed by atoms with van der Waals surface area (Å²) in [6.07, 6.45) is 0. The van der Waals surface area contributed by atoms with Crippen LogP contribution in [0.1, 0.15) is 11.6 Å². The SMILES string of the molecule is COC(=O)[C@H]1N[C@@H](c2ccc3ccccc3c2)[C@@H](S(=O)(=O)c2ccccc2)[C@@H]1S(=O)(=O)c1ccccc1. The molecule has 4 aromatic carbocycles. The van der Waals surface area contributed by atoms with Crippen molar-refractivity contribution in [2.45, 2.75) is 32.4 Å². The summed E-state index contributed by atoms with van der Waals surface area (Å²) in [6.45, 7) is 0. The van der Waals surface area contributed by atoms with Gasteiger partial charge in [-0.05, 0) is 46.7 Å². The van der Waals surface area contributed by atoms with Crippen molar-refractivity contribution in [2.24, 2.45) is 0 Å². The van der Waals surface area contributed by atoms with Gasteiger partial charge in [-0.3, -0.25) is 10.1 Å². The number of hydrogen-bond acceptors (Lipinski definition) is 7. The third-order valence-corrected chi connectivity index (χ3v) is 11.4. The van der Waals surface area contributed by atoms with Crippen molar-refractivity contribution in [2.75, 3.05) is 7.11 Å². The first kappa shape index (κ1) is 25.1. The van der Waals surface area contributed by atoms with Crippen molar-refractivity contribution in [3.05, 3.63) is 109 Å². The monoisotopic (exact) mass is 535 g/mol. The van der Waals surface area contributed by atoms with E-state index in [0.717, 1.165) is 17.9 Å². The minimum atomic E-state index is -4.31. The minimum absolute atomic E-state index is 0.0219. The van der Waals surface area contributed by atoms with Gasteiger partial charge in [-0.1, -0.05) is 72.8 Å². The second-order valence-electron chi connectivity index (χ2n) is 8.90. The van der Waals surface area contributed by atoms with Crippen LogP contribution in [-0.4, -0.2) is 46.5 Å². The van der Waals surface area contributed by atoms with Crippen LogP contribution in [-0.2, 0) is 29.2 Å². The molecule has 0 saturated carbocycles. The Morgan fingerprint density at radius 3 is 1.76 bits per heavy atom. The maximum absolute atomic E-state index is 14.2. The normalized spacial score (nSPS) is 22.1. The maximum atomic E-state index is 14.2. The summed E-state index contributed by atoms with van der Waals surface area (Å²) in [6, 6.07) is 25.9. The number of benzene rings is 4. The van der Waals surface area contributed by atoms with E-state index < -0.39 is 48.2 Å². The molecular formula is C28H25NO6S2. The molecule has 0 spiro atoms. The molecule has 1 saturated heterocycles. The smallest absolute Gasteiger partial charge is 0.324 e. The van der Waals surface area contributed by atoms with Crippen LogP contribution in [0.15, 0.2) is 113 Å². The van der Waals surface area contributed by atoms with Crippen LogP contribution >= 0.6 is 0 Å². The van der Waals surface area contributed by atoms with E-state index in [4.69, 9.17) is 4.74 Å². The van der Waals surface area contributed by atoms with Gasteiger partial charge < -0.3 is 4.74 Å². The van der Waals surface area contributed by atoms with E-state index in [1.807, 2.05) is 36.4 Å². The zero-order chi connectivity index (χ0) is 26.2. The van der Waals surface area contributed by atoms with Gasteiger partial charge in [0.15, 0.2) is 19.7 Å². The van der Waals surface area contributed by atoms with Gasteiger partial charge in [0.1, 0.15) is 16.5 Å². The second kappa shape index (κ2) is 9.74. The zero-order valence-corrected chi connectivity index (χ0v) is 21.5. The summed E-state index contributed by atoms with van der Waals surface area (Å²) in [5, 5.41) is 1.71. The second-order valence-corrected chi connectivity index (χ2v) is 13.1. The maximum Gasteiger partial charge on any atom is 0.324 e. The van der Waals surface area contributed by atoms with Gasteiger partial charge in [0, 0.05) is 0 Å². The molecule has 0 aliphatic carbocycles. The highest BCUT2D eigenvalue weighted by Gasteiger charge is 2.59. The zero-order valence-electron chi connectivity index (χ0n) is 19.9. The summed E-state index contributed by atoms with van der Waals surface area (Å²) in [5.74, 6) is -0.846. The molecule has 7 nitrogen and oxygen atoms in total. The standard InChI is InChI=1S/C28H25NO6S2/c1-35-28(30)25-27(37(33,34)23-14-6-3-7-15-23)26(36(31,32)22-12-4-2-5-13-22)24(29-25)21-17-16-19-10-8-9-11-20(19)18-21/h2-18,24-27,29H,1H3/t24-,25-,26+,27+/m0/s1. The fourth-order valence-corrected chi connectivity index (χ4v) is 9.77. The number of ether oxygens (including phenoxy) is 1. The first-order valence-corrected chi connectivity index (χ1v) is 14.7. The summed E-state index contributed by atoms with van der Waals surface area (Å²) in [5.41, 5.74) is 0.558. The minimum Gasteiger partial charge on any atom is -0.468 e. The molecule has 1 aliphatic heterocycles. The summed E-state index contributed by atoms with van der Waals surface area (Å²) < 4.78 is 61.4. The average molecular weight is 536 g/mol. The number of fused-ring (bicyclic) bond motifs is 1. The molecule has 0 aromatic heterocycles. The Hall–Kier alpha value is -3.53. The molecule has 1 heterocycles. The van der Waals surface area contributed by atoms with Crippen LogP contribution in [0.3, 0.4) is 0 Å². The predicted octanol–water partition coefficient (Wildman–Crippen LogP) is 3.71. The quantitative estimate of drug-likeness (QED) is 0.375. The summed E-state index contributed by atoms with van der Waals surface area (Å²) in [4.78, 5) is 12.9. The Kier molecular flexibility index (Phi) is 6.61. The predicted molar refractivity (Wildman–Crippen MR) is 140 cm³/mol. The third kappa shape index (κ3) is 4.43. The molecule has 1 N–H and O–H groups in total. The van der Waals surface area contributed by atoms with Crippen LogP contribution in [0.2, 0.25) is 0 Å². The van der Waals surface area contributed by atoms with E-state index in [9.17, 15) is 21.6 Å². The number of carbonyl (C=O) groups is 1. The Morgan fingerprint density at radius 1 is 0.676 bits per heavy atom. The van der Waals surface area contributed by atoms with Gasteiger partial charge in [-0.25, -0.2) is 16.8 Å². The molecule has 1 fully saturated rings. The van der Waals surface area contributed by atoms with Crippen molar-refractivity contribution in [3.8, 4) is 0 Å². The lowest BCUT2D eigenvalue weighted by molar-refractivity contribution is -0.142. The molecular weight excluding hydrogens is 510 g/mol. The van der Waals surface area contributed by atoms with E-state index in [1.165, 1.54) is 24.3 Å². The molecule has 0 unspecified atom stereocenters. The number of nitrogens with one attached hydrogen (secondary N) is 1. The number of esters is 1. The van der Waals surface area contributed by atoms with Crippen LogP contribution in [0.4, 0.5) is 0 Å². The van der Waals surface area contributed by atoms with Crippen molar-refractivity contribution in [1.82, 2.24) is 5.32 Å². The molecule has 0 radical (unpaired) electrons. The average Bonchev–Trinajstić information content (AvgIpc) is 3.36. The van der Waals surface area contributed by atoms with Gasteiger partial charge in [-0.15, -0.1) is 0 Å². The molecule has 4 atom stereocenters. The van der Waals surface area contributed by atoms with Crippen molar-refractivity contribution < 1.29 is 26.4 Å². The van der Waals surface area contributed by atoms with Crippen LogP contribution in [0.5, 0.6) is 0 Å². The molecule has 9 heteroatoms. The van der Waals surface area contributed by atoms with Crippen molar-refractivity contribution >= 4 is 36.4 Å². The molecule has 37 heavy (non-hydrogen) atoms. The first-order chi connectivity index (χ1) is 17.7. The number of carbonyl (C=O) groups excluding carboxylic acids is 1. The number of methoxy groups -OCH3 is 1. The fraction of sp³-hybridized carbons (Fsp3) is 0.179. The lowest BCUT2D eigenvalue weighted by Gasteiger charge is -2.25. The number of hydrogen-bond donors (Lipinski definition) is 1. The lowest BCUT2D eigenvalue weighted by atomic mass is 10.0. The van der Waals surface area contributed by atoms with E-state index in [-0.39, 0.29) is 9.79 Å². The highest BCUT2D eigenvalue weighted by molar-refractivity contribution is 7.96. The molecule has 5 rings (SSSR count). The summed E-state index contributed by atoms with van der Waals surface area (Å²) >= 11 is 0. The topological polar surface area (TPSA) is 107 Å². The van der Waals surface area contributed by atoms with E-state index in [2.05, 4.69) is 5.32 Å². The van der Waals surface area contributed by atoms with Crippen LogP contribution < -0.4 is 5.32 Å². The van der Waals surface area contributed by atoms with E-state index in [0.29, 0.717) is 5.56 Å². The fourth-order valence-electron chi connectivity index (χ4n) is 5.02. The molecule has 0 amide bonds.